The zero-order valence-corrected chi connectivity index (χ0v) is 26.0. The number of hydrogen-bond acceptors (Lipinski definition) is 7. The molecule has 1 saturated heterocycles. The van der Waals surface area contributed by atoms with Crippen LogP contribution in [0.2, 0.25) is 0 Å². The summed E-state index contributed by atoms with van der Waals surface area (Å²) in [5.74, 6) is 0.410. The number of esters is 1. The van der Waals surface area contributed by atoms with Gasteiger partial charge in [-0.05, 0) is 61.3 Å². The number of likely N-dealkylation sites (tertiary alicyclic amines) is 1. The number of likely N-dealkylation sites (N-methyl/N-ethyl adjacent to an activating group) is 1. The Kier molecular flexibility index (Phi) is 9.04. The molecule has 0 unspecified atom stereocenters. The van der Waals surface area contributed by atoms with Crippen LogP contribution in [0.15, 0.2) is 17.3 Å². The summed E-state index contributed by atoms with van der Waals surface area (Å²) < 4.78 is 10.7. The van der Waals surface area contributed by atoms with Gasteiger partial charge in [-0.15, -0.1) is 0 Å². The standard InChI is InChI=1S/C32H47N3O6/c1-20-14-23(15-21(2)27(20)39-7)24-17-32(41-33-24)18-25(30(38)40-8)35(19-32)29(37)28(31(3,4)5)34(6)26(36)16-22-12-10-9-11-13-22/h14-15,22,25,28H,9-13,16-19H2,1-8H3/t25-,28+,32+/m0/s1. The highest BCUT2D eigenvalue weighted by molar-refractivity contribution is 6.02. The summed E-state index contributed by atoms with van der Waals surface area (Å²) in [4.78, 5) is 50.0. The number of aryl methyl sites for hydroxylation is 2. The van der Waals surface area contributed by atoms with Gasteiger partial charge < -0.3 is 24.1 Å². The first kappa shape index (κ1) is 30.8. The normalized spacial score (nSPS) is 23.7. The van der Waals surface area contributed by atoms with Crippen molar-refractivity contribution in [1.29, 1.82) is 0 Å². The Balaban J connectivity index is 1.57. The predicted octanol–water partition coefficient (Wildman–Crippen LogP) is 4.79. The van der Waals surface area contributed by atoms with Crippen molar-refractivity contribution < 1.29 is 28.7 Å². The zero-order chi connectivity index (χ0) is 30.1. The molecule has 3 atom stereocenters. The predicted molar refractivity (Wildman–Crippen MR) is 157 cm³/mol. The third-order valence-corrected chi connectivity index (χ3v) is 9.02. The number of carbonyl (C=O) groups excluding carboxylic acids is 3. The Morgan fingerprint density at radius 2 is 1.76 bits per heavy atom. The van der Waals surface area contributed by atoms with Gasteiger partial charge in [-0.3, -0.25) is 9.59 Å². The van der Waals surface area contributed by atoms with Crippen molar-refractivity contribution in [2.75, 3.05) is 27.8 Å². The maximum atomic E-state index is 14.3. The van der Waals surface area contributed by atoms with Crippen LogP contribution in [0.5, 0.6) is 5.75 Å². The largest absolute Gasteiger partial charge is 0.496 e. The molecule has 0 aromatic heterocycles. The Bertz CT molecular complexity index is 1180. The molecule has 1 spiro atoms. The van der Waals surface area contributed by atoms with Gasteiger partial charge in [0.1, 0.15) is 17.8 Å². The van der Waals surface area contributed by atoms with Crippen molar-refractivity contribution in [3.63, 3.8) is 0 Å². The molecule has 3 aliphatic rings. The fourth-order valence-electron chi connectivity index (χ4n) is 7.04. The van der Waals surface area contributed by atoms with E-state index >= 15 is 0 Å². The quantitative estimate of drug-likeness (QED) is 0.438. The van der Waals surface area contributed by atoms with Crippen molar-refractivity contribution in [2.24, 2.45) is 16.5 Å². The summed E-state index contributed by atoms with van der Waals surface area (Å²) in [6.07, 6.45) is 6.80. The van der Waals surface area contributed by atoms with Crippen LogP contribution in [0, 0.1) is 25.2 Å². The molecule has 2 amide bonds. The second-order valence-electron chi connectivity index (χ2n) is 13.3. The molecule has 2 heterocycles. The minimum atomic E-state index is -0.849. The fourth-order valence-corrected chi connectivity index (χ4v) is 7.04. The van der Waals surface area contributed by atoms with E-state index in [0.717, 1.165) is 53.8 Å². The van der Waals surface area contributed by atoms with Gasteiger partial charge in [0, 0.05) is 31.9 Å². The molecule has 1 saturated carbocycles. The summed E-state index contributed by atoms with van der Waals surface area (Å²) in [6.45, 7) is 10.0. The van der Waals surface area contributed by atoms with Crippen molar-refractivity contribution in [3.05, 3.63) is 28.8 Å². The molecule has 0 radical (unpaired) electrons. The highest BCUT2D eigenvalue weighted by atomic mass is 16.7. The Labute approximate surface area is 244 Å². The van der Waals surface area contributed by atoms with Crippen LogP contribution < -0.4 is 4.74 Å². The Morgan fingerprint density at radius 3 is 2.32 bits per heavy atom. The van der Waals surface area contributed by atoms with Gasteiger partial charge in [-0.2, -0.15) is 0 Å². The molecule has 226 valence electrons. The fraction of sp³-hybridized carbons (Fsp3) is 0.688. The first-order valence-corrected chi connectivity index (χ1v) is 14.8. The SMILES string of the molecule is COC(=O)[C@@H]1C[C@]2(CC(c3cc(C)c(OC)c(C)c3)=NO2)CN1C(=O)[C@@H](N(C)C(=O)CC1CCCCC1)C(C)(C)C. The second kappa shape index (κ2) is 12.0. The lowest BCUT2D eigenvalue weighted by molar-refractivity contribution is -0.157. The van der Waals surface area contributed by atoms with E-state index in [1.165, 1.54) is 13.5 Å². The maximum Gasteiger partial charge on any atom is 0.328 e. The Morgan fingerprint density at radius 1 is 1.12 bits per heavy atom. The lowest BCUT2D eigenvalue weighted by atomic mass is 9.83. The van der Waals surface area contributed by atoms with Gasteiger partial charge in [-0.1, -0.05) is 45.2 Å². The summed E-state index contributed by atoms with van der Waals surface area (Å²) in [6, 6.07) is 2.47. The number of nitrogens with zero attached hydrogens (tertiary/aromatic N) is 3. The minimum Gasteiger partial charge on any atom is -0.496 e. The molecule has 1 aromatic rings. The molecule has 9 nitrogen and oxygen atoms in total. The summed E-state index contributed by atoms with van der Waals surface area (Å²) in [5, 5.41) is 4.44. The van der Waals surface area contributed by atoms with Crippen molar-refractivity contribution in [3.8, 4) is 5.75 Å². The summed E-state index contributed by atoms with van der Waals surface area (Å²) in [7, 11) is 4.71. The van der Waals surface area contributed by atoms with Crippen LogP contribution in [-0.4, -0.2) is 78.8 Å². The smallest absolute Gasteiger partial charge is 0.328 e. The average Bonchev–Trinajstić information content (AvgIpc) is 3.51. The number of carbonyl (C=O) groups is 3. The average molecular weight is 570 g/mol. The van der Waals surface area contributed by atoms with Crippen LogP contribution in [0.3, 0.4) is 0 Å². The molecule has 2 aliphatic heterocycles. The van der Waals surface area contributed by atoms with E-state index in [4.69, 9.17) is 14.3 Å². The molecule has 1 aromatic carbocycles. The molecule has 9 heteroatoms. The number of methoxy groups -OCH3 is 2. The lowest BCUT2D eigenvalue weighted by Gasteiger charge is -2.40. The minimum absolute atomic E-state index is 0.0262. The third-order valence-electron chi connectivity index (χ3n) is 9.02. The van der Waals surface area contributed by atoms with Gasteiger partial charge in [0.25, 0.3) is 0 Å². The number of amides is 2. The van der Waals surface area contributed by atoms with E-state index < -0.39 is 29.1 Å². The number of benzene rings is 1. The van der Waals surface area contributed by atoms with E-state index in [-0.39, 0.29) is 24.8 Å². The van der Waals surface area contributed by atoms with E-state index in [9.17, 15) is 14.4 Å². The van der Waals surface area contributed by atoms with Gasteiger partial charge in [0.2, 0.25) is 11.8 Å². The van der Waals surface area contributed by atoms with E-state index in [1.807, 2.05) is 46.8 Å². The number of rotatable bonds is 7. The number of oxime groups is 1. The third kappa shape index (κ3) is 6.38. The van der Waals surface area contributed by atoms with Gasteiger partial charge >= 0.3 is 5.97 Å². The maximum absolute atomic E-state index is 14.3. The molecular weight excluding hydrogens is 522 g/mol. The topological polar surface area (TPSA) is 97.7 Å². The van der Waals surface area contributed by atoms with Crippen molar-refractivity contribution in [2.45, 2.75) is 104 Å². The molecule has 41 heavy (non-hydrogen) atoms. The van der Waals surface area contributed by atoms with Crippen LogP contribution in [0.4, 0.5) is 0 Å². The van der Waals surface area contributed by atoms with Crippen LogP contribution >= 0.6 is 0 Å². The molecular formula is C32H47N3O6. The van der Waals surface area contributed by atoms with Crippen LogP contribution in [-0.2, 0) is 24.0 Å². The highest BCUT2D eigenvalue weighted by Crippen LogP contribution is 2.41. The first-order valence-electron chi connectivity index (χ1n) is 14.8. The molecule has 4 rings (SSSR count). The monoisotopic (exact) mass is 569 g/mol. The number of ether oxygens (including phenoxy) is 2. The highest BCUT2D eigenvalue weighted by Gasteiger charge is 2.56. The molecule has 0 bridgehead atoms. The summed E-state index contributed by atoms with van der Waals surface area (Å²) in [5.41, 5.74) is 2.28. The van der Waals surface area contributed by atoms with Crippen molar-refractivity contribution >= 4 is 23.5 Å². The lowest BCUT2D eigenvalue weighted by Crippen LogP contribution is -2.57. The molecule has 2 fully saturated rings. The summed E-state index contributed by atoms with van der Waals surface area (Å²) >= 11 is 0. The van der Waals surface area contributed by atoms with Gasteiger partial charge in [-0.25, -0.2) is 4.79 Å². The van der Waals surface area contributed by atoms with E-state index in [1.54, 1.807) is 24.0 Å². The second-order valence-corrected chi connectivity index (χ2v) is 13.3. The molecule has 0 N–H and O–H groups in total. The Hall–Kier alpha value is -3.10. The van der Waals surface area contributed by atoms with Gasteiger partial charge in [0.05, 0.1) is 26.5 Å². The van der Waals surface area contributed by atoms with Crippen molar-refractivity contribution in [1.82, 2.24) is 9.80 Å². The first-order chi connectivity index (χ1) is 19.3. The van der Waals surface area contributed by atoms with Crippen LogP contribution in [0.25, 0.3) is 0 Å². The van der Waals surface area contributed by atoms with E-state index in [2.05, 4.69) is 5.16 Å². The zero-order valence-electron chi connectivity index (χ0n) is 26.0. The molecule has 1 aliphatic carbocycles. The van der Waals surface area contributed by atoms with E-state index in [0.29, 0.717) is 18.8 Å². The van der Waals surface area contributed by atoms with Crippen LogP contribution in [0.1, 0.15) is 88.8 Å². The van der Waals surface area contributed by atoms with Gasteiger partial charge in [0.15, 0.2) is 5.60 Å². The number of hydrogen-bond donors (Lipinski definition) is 0.